The zero-order valence-electron chi connectivity index (χ0n) is 25.1. The molecule has 2 fully saturated rings. The minimum atomic E-state index is -2.75. The Kier molecular flexibility index (Phi) is 7.69. The maximum atomic E-state index is 15.1. The Labute approximate surface area is 267 Å². The van der Waals surface area contributed by atoms with Crippen molar-refractivity contribution in [2.45, 2.75) is 37.6 Å². The first-order chi connectivity index (χ1) is 22.5. The summed E-state index contributed by atoms with van der Waals surface area (Å²) in [6.07, 6.45) is 1.66. The lowest BCUT2D eigenvalue weighted by molar-refractivity contribution is -0.122. The van der Waals surface area contributed by atoms with E-state index in [4.69, 9.17) is 10.2 Å². The number of nitrogens with two attached hydrogens (primary N) is 1. The third kappa shape index (κ3) is 6.30. The molecule has 240 valence electrons. The molecule has 1 saturated carbocycles. The van der Waals surface area contributed by atoms with Gasteiger partial charge in [-0.15, -0.1) is 0 Å². The molecule has 11 heteroatoms. The van der Waals surface area contributed by atoms with Crippen LogP contribution in [0.15, 0.2) is 83.4 Å². The van der Waals surface area contributed by atoms with Crippen molar-refractivity contribution in [2.24, 2.45) is 5.92 Å². The van der Waals surface area contributed by atoms with E-state index in [0.29, 0.717) is 51.2 Å². The number of nitrogen functional groups attached to an aromatic ring is 1. The summed E-state index contributed by atoms with van der Waals surface area (Å²) in [7, 11) is 0. The molecular weight excluding hydrogens is 612 g/mol. The van der Waals surface area contributed by atoms with Gasteiger partial charge in [-0.25, -0.2) is 22.5 Å². The number of carbonyl (C=O) groups excluding carboxylic acids is 2. The van der Waals surface area contributed by atoms with E-state index in [-0.39, 0.29) is 61.7 Å². The highest BCUT2D eigenvalue weighted by Crippen LogP contribution is 2.47. The number of hydrogen-bond acceptors (Lipinski definition) is 5. The minimum Gasteiger partial charge on any atom is -0.459 e. The highest BCUT2D eigenvalue weighted by atomic mass is 19.3. The number of anilines is 1. The van der Waals surface area contributed by atoms with Gasteiger partial charge in [-0.3, -0.25) is 9.59 Å². The fraction of sp³-hybridized carbons (Fsp3) is 0.250. The first kappa shape index (κ1) is 30.5. The van der Waals surface area contributed by atoms with E-state index in [2.05, 4.69) is 10.3 Å². The van der Waals surface area contributed by atoms with Crippen LogP contribution in [-0.4, -0.2) is 40.7 Å². The van der Waals surface area contributed by atoms with E-state index < -0.39 is 17.6 Å². The summed E-state index contributed by atoms with van der Waals surface area (Å²) in [5.41, 5.74) is 9.28. The number of amides is 2. The fourth-order valence-corrected chi connectivity index (χ4v) is 6.19. The number of hydrogen-bond donors (Lipinski definition) is 2. The number of nitrogens with zero attached hydrogens (tertiary/aromatic N) is 2. The number of benzene rings is 3. The van der Waals surface area contributed by atoms with E-state index in [0.717, 1.165) is 11.6 Å². The normalized spacial score (nSPS) is 18.7. The summed E-state index contributed by atoms with van der Waals surface area (Å²) < 4.78 is 62.2. The lowest BCUT2D eigenvalue weighted by Gasteiger charge is -2.31. The quantitative estimate of drug-likeness (QED) is 0.181. The predicted molar refractivity (Wildman–Crippen MR) is 168 cm³/mol. The lowest BCUT2D eigenvalue weighted by atomic mass is 9.95. The van der Waals surface area contributed by atoms with Gasteiger partial charge in [-0.1, -0.05) is 18.2 Å². The molecule has 47 heavy (non-hydrogen) atoms. The van der Waals surface area contributed by atoms with Crippen LogP contribution in [0.3, 0.4) is 0 Å². The molecule has 7 nitrogen and oxygen atoms in total. The fourth-order valence-electron chi connectivity index (χ4n) is 6.19. The van der Waals surface area contributed by atoms with Crippen molar-refractivity contribution in [2.75, 3.05) is 18.8 Å². The molecule has 1 aliphatic carbocycles. The van der Waals surface area contributed by atoms with Gasteiger partial charge in [0, 0.05) is 66.2 Å². The number of aromatic nitrogens is 1. The second-order valence-corrected chi connectivity index (χ2v) is 12.2. The van der Waals surface area contributed by atoms with Crippen molar-refractivity contribution in [3.05, 3.63) is 108 Å². The third-order valence-corrected chi connectivity index (χ3v) is 8.94. The van der Waals surface area contributed by atoms with Crippen LogP contribution >= 0.6 is 0 Å². The van der Waals surface area contributed by atoms with Crippen LogP contribution in [0.4, 0.5) is 23.4 Å². The van der Waals surface area contributed by atoms with Crippen molar-refractivity contribution in [1.29, 1.82) is 0 Å². The molecule has 0 spiro atoms. The van der Waals surface area contributed by atoms with Crippen LogP contribution in [0.2, 0.25) is 0 Å². The van der Waals surface area contributed by atoms with E-state index in [1.54, 1.807) is 48.7 Å². The van der Waals surface area contributed by atoms with Gasteiger partial charge < -0.3 is 20.4 Å². The average Bonchev–Trinajstić information content (AvgIpc) is 3.75. The van der Waals surface area contributed by atoms with Gasteiger partial charge in [0.25, 0.3) is 11.8 Å². The smallest absolute Gasteiger partial charge is 0.253 e. The van der Waals surface area contributed by atoms with E-state index in [9.17, 15) is 22.8 Å². The number of nitrogens with one attached hydrogen (secondary N) is 1. The lowest BCUT2D eigenvalue weighted by Crippen LogP contribution is -2.42. The van der Waals surface area contributed by atoms with Crippen LogP contribution in [0, 0.1) is 17.6 Å². The van der Waals surface area contributed by atoms with E-state index in [1.807, 2.05) is 12.1 Å². The summed E-state index contributed by atoms with van der Waals surface area (Å²) >= 11 is 0. The van der Waals surface area contributed by atoms with E-state index in [1.165, 1.54) is 17.0 Å². The molecule has 2 unspecified atom stereocenters. The number of furan rings is 1. The Morgan fingerprint density at radius 1 is 0.936 bits per heavy atom. The zero-order chi connectivity index (χ0) is 32.9. The summed E-state index contributed by atoms with van der Waals surface area (Å²) in [4.78, 5) is 31.4. The van der Waals surface area contributed by atoms with Crippen molar-refractivity contribution in [3.8, 4) is 22.3 Å². The van der Waals surface area contributed by atoms with Crippen molar-refractivity contribution >= 4 is 28.6 Å². The highest BCUT2D eigenvalue weighted by molar-refractivity contribution is 5.98. The summed E-state index contributed by atoms with van der Waals surface area (Å²) in [6.45, 7) is 0.0828. The molecular formula is C36H30F4N4O3. The van der Waals surface area contributed by atoms with Gasteiger partial charge >= 0.3 is 0 Å². The molecule has 3 heterocycles. The second-order valence-electron chi connectivity index (χ2n) is 12.2. The number of rotatable bonds is 7. The maximum absolute atomic E-state index is 15.1. The number of halogens is 4. The SMILES string of the molecule is Nc1ccc(C2CC2C(=O)NCc2cc3cc(-c4ccc(C(=O)N5CCC(F)(F)CC5)cc4)cc(-c4ccc(F)cc4F)c3o2)cn1. The Bertz CT molecular complexity index is 1980. The highest BCUT2D eigenvalue weighted by Gasteiger charge is 2.44. The Morgan fingerprint density at radius 3 is 2.40 bits per heavy atom. The predicted octanol–water partition coefficient (Wildman–Crippen LogP) is 7.31. The van der Waals surface area contributed by atoms with Gasteiger partial charge in [0.2, 0.25) is 5.91 Å². The summed E-state index contributed by atoms with van der Waals surface area (Å²) in [5, 5.41) is 3.56. The largest absolute Gasteiger partial charge is 0.459 e. The van der Waals surface area contributed by atoms with Crippen LogP contribution < -0.4 is 11.1 Å². The molecule has 0 bridgehead atoms. The zero-order valence-corrected chi connectivity index (χ0v) is 25.1. The molecule has 5 aromatic rings. The molecule has 0 radical (unpaired) electrons. The Morgan fingerprint density at radius 2 is 1.70 bits per heavy atom. The van der Waals surface area contributed by atoms with Gasteiger partial charge in [0.05, 0.1) is 6.54 Å². The van der Waals surface area contributed by atoms with Crippen LogP contribution in [-0.2, 0) is 11.3 Å². The van der Waals surface area contributed by atoms with Crippen LogP contribution in [0.1, 0.15) is 46.9 Å². The number of alkyl halides is 2. The summed E-state index contributed by atoms with van der Waals surface area (Å²) in [6, 6.07) is 19.0. The number of pyridine rings is 1. The molecule has 2 aromatic heterocycles. The standard InChI is InChI=1S/C36H30F4N4O3/c37-25-6-7-27(31(38)16-25)29-15-23(20-1-3-21(4-2-20)35(46)44-11-9-36(39,40)10-12-44)13-24-14-26(47-33(24)29)19-43-34(45)30-17-28(30)22-5-8-32(41)42-18-22/h1-8,13-16,18,28,30H,9-12,17,19H2,(H2,41,42)(H,43,45). The molecule has 2 aliphatic rings. The molecule has 7 rings (SSSR count). The Balaban J connectivity index is 1.14. The van der Waals surface area contributed by atoms with Gasteiger partial charge in [0.15, 0.2) is 0 Å². The van der Waals surface area contributed by atoms with Crippen LogP contribution in [0.25, 0.3) is 33.2 Å². The van der Waals surface area contributed by atoms with Gasteiger partial charge in [-0.2, -0.15) is 0 Å². The topological polar surface area (TPSA) is 101 Å². The number of carbonyl (C=O) groups is 2. The number of likely N-dealkylation sites (tertiary alicyclic amines) is 1. The number of piperidine rings is 1. The maximum Gasteiger partial charge on any atom is 0.253 e. The first-order valence-corrected chi connectivity index (χ1v) is 15.3. The Hall–Kier alpha value is -5.19. The van der Waals surface area contributed by atoms with Gasteiger partial charge in [0.1, 0.15) is 28.8 Å². The van der Waals surface area contributed by atoms with E-state index >= 15 is 4.39 Å². The minimum absolute atomic E-state index is 0.0125. The third-order valence-electron chi connectivity index (χ3n) is 8.94. The monoisotopic (exact) mass is 642 g/mol. The first-order valence-electron chi connectivity index (χ1n) is 15.3. The van der Waals surface area contributed by atoms with Gasteiger partial charge in [-0.05, 0) is 77.6 Å². The van der Waals surface area contributed by atoms with Crippen LogP contribution in [0.5, 0.6) is 0 Å². The van der Waals surface area contributed by atoms with Crippen molar-refractivity contribution in [3.63, 3.8) is 0 Å². The molecule has 1 saturated heterocycles. The van der Waals surface area contributed by atoms with Crippen molar-refractivity contribution < 1.29 is 31.6 Å². The molecule has 3 aromatic carbocycles. The molecule has 1 aliphatic heterocycles. The average molecular weight is 643 g/mol. The summed E-state index contributed by atoms with van der Waals surface area (Å²) in [5.74, 6) is -3.92. The van der Waals surface area contributed by atoms with Crippen molar-refractivity contribution in [1.82, 2.24) is 15.2 Å². The number of fused-ring (bicyclic) bond motifs is 1. The second kappa shape index (κ2) is 11.9. The molecule has 3 N–H and O–H groups in total. The molecule has 2 atom stereocenters. The molecule has 2 amide bonds.